The summed E-state index contributed by atoms with van der Waals surface area (Å²) in [5, 5.41) is 9.87. The van der Waals surface area contributed by atoms with Crippen LogP contribution in [0.2, 0.25) is 0 Å². The van der Waals surface area contributed by atoms with Gasteiger partial charge in [0.15, 0.2) is 0 Å². The molecular weight excluding hydrogens is 336 g/mol. The Bertz CT molecular complexity index is 646. The van der Waals surface area contributed by atoms with Gasteiger partial charge >= 0.3 is 0 Å². The molecule has 1 heterocycles. The van der Waals surface area contributed by atoms with Crippen molar-refractivity contribution >= 4 is 23.6 Å². The first-order valence-electron chi connectivity index (χ1n) is 8.30. The van der Waals surface area contributed by atoms with Crippen LogP contribution in [0.4, 0.5) is 0 Å². The Balaban J connectivity index is 1.82. The topological polar surface area (TPSA) is 76.0 Å². The van der Waals surface area contributed by atoms with Crippen LogP contribution in [0.15, 0.2) is 48.8 Å². The third-order valence-electron chi connectivity index (χ3n) is 3.69. The number of aromatic nitrogens is 2. The molecule has 2 N–H and O–H groups in total. The molecular formula is C18H24N4O2S. The molecule has 0 unspecified atom stereocenters. The highest BCUT2D eigenvalue weighted by Crippen LogP contribution is 2.04. The normalized spacial score (nSPS) is 11.7. The number of hydrogen-bond acceptors (Lipinski definition) is 4. The molecule has 0 aliphatic heterocycles. The summed E-state index contributed by atoms with van der Waals surface area (Å²) in [7, 11) is 0. The van der Waals surface area contributed by atoms with E-state index in [-0.39, 0.29) is 11.8 Å². The highest BCUT2D eigenvalue weighted by molar-refractivity contribution is 7.98. The molecule has 1 atom stereocenters. The van der Waals surface area contributed by atoms with Gasteiger partial charge in [-0.3, -0.25) is 14.3 Å². The van der Waals surface area contributed by atoms with Gasteiger partial charge in [-0.1, -0.05) is 18.2 Å². The van der Waals surface area contributed by atoms with E-state index < -0.39 is 6.04 Å². The minimum Gasteiger partial charge on any atom is -0.354 e. The molecule has 2 rings (SSSR count). The zero-order valence-corrected chi connectivity index (χ0v) is 15.2. The van der Waals surface area contributed by atoms with Gasteiger partial charge in [0.25, 0.3) is 5.91 Å². The molecule has 2 aromatic rings. The van der Waals surface area contributed by atoms with E-state index in [9.17, 15) is 9.59 Å². The molecule has 25 heavy (non-hydrogen) atoms. The number of benzene rings is 1. The van der Waals surface area contributed by atoms with Crippen molar-refractivity contribution in [2.45, 2.75) is 25.4 Å². The number of amides is 2. The Hall–Kier alpha value is -2.28. The summed E-state index contributed by atoms with van der Waals surface area (Å²) in [6.07, 6.45) is 7.00. The van der Waals surface area contributed by atoms with Gasteiger partial charge in [0.05, 0.1) is 0 Å². The summed E-state index contributed by atoms with van der Waals surface area (Å²) in [4.78, 5) is 24.7. The van der Waals surface area contributed by atoms with Gasteiger partial charge in [-0.15, -0.1) is 0 Å². The lowest BCUT2D eigenvalue weighted by Gasteiger charge is -2.18. The maximum atomic E-state index is 12.4. The largest absolute Gasteiger partial charge is 0.354 e. The van der Waals surface area contributed by atoms with E-state index in [0.717, 1.165) is 18.7 Å². The van der Waals surface area contributed by atoms with Crippen LogP contribution in [0.25, 0.3) is 0 Å². The molecule has 134 valence electrons. The van der Waals surface area contributed by atoms with Crippen LogP contribution in [0.5, 0.6) is 0 Å². The summed E-state index contributed by atoms with van der Waals surface area (Å²) >= 11 is 1.65. The van der Waals surface area contributed by atoms with Gasteiger partial charge in [-0.2, -0.15) is 16.9 Å². The van der Waals surface area contributed by atoms with Gasteiger partial charge in [0.1, 0.15) is 6.04 Å². The Morgan fingerprint density at radius 1 is 1.24 bits per heavy atom. The molecule has 0 bridgehead atoms. The minimum atomic E-state index is -0.523. The Morgan fingerprint density at radius 3 is 2.72 bits per heavy atom. The fourth-order valence-electron chi connectivity index (χ4n) is 2.34. The Morgan fingerprint density at radius 2 is 2.04 bits per heavy atom. The van der Waals surface area contributed by atoms with Gasteiger partial charge in [0.2, 0.25) is 5.91 Å². The first kappa shape index (κ1) is 19.1. The van der Waals surface area contributed by atoms with Crippen molar-refractivity contribution < 1.29 is 9.59 Å². The molecule has 7 heteroatoms. The van der Waals surface area contributed by atoms with E-state index >= 15 is 0 Å². The fourth-order valence-corrected chi connectivity index (χ4v) is 2.82. The lowest BCUT2D eigenvalue weighted by Crippen LogP contribution is -2.47. The minimum absolute atomic E-state index is 0.140. The van der Waals surface area contributed by atoms with Crippen LogP contribution in [0.3, 0.4) is 0 Å². The average molecular weight is 360 g/mol. The summed E-state index contributed by atoms with van der Waals surface area (Å²) in [5.74, 6) is 0.442. The fraction of sp³-hybridized carbons (Fsp3) is 0.389. The maximum absolute atomic E-state index is 12.4. The smallest absolute Gasteiger partial charge is 0.251 e. The summed E-state index contributed by atoms with van der Waals surface area (Å²) in [6, 6.07) is 10.3. The molecule has 0 fully saturated rings. The molecule has 0 radical (unpaired) electrons. The third-order valence-corrected chi connectivity index (χ3v) is 4.33. The monoisotopic (exact) mass is 360 g/mol. The van der Waals surface area contributed by atoms with Crippen LogP contribution in [0, 0.1) is 0 Å². The first-order chi connectivity index (χ1) is 12.2. The standard InChI is InChI=1S/C18H24N4O2S/c1-25-14-9-16(21-17(23)15-7-3-2-4-8-15)18(24)19-10-5-12-22-13-6-11-20-22/h2-4,6-8,11,13,16H,5,9-10,12,14H2,1H3,(H,19,24)(H,21,23)/t16-/m0/s1. The summed E-state index contributed by atoms with van der Waals surface area (Å²) < 4.78 is 1.83. The van der Waals surface area contributed by atoms with Crippen molar-refractivity contribution in [3.05, 3.63) is 54.4 Å². The maximum Gasteiger partial charge on any atom is 0.251 e. The molecule has 0 aliphatic rings. The zero-order valence-electron chi connectivity index (χ0n) is 14.4. The molecule has 0 aliphatic carbocycles. The van der Waals surface area contributed by atoms with E-state index in [1.165, 1.54) is 0 Å². The van der Waals surface area contributed by atoms with Gasteiger partial charge in [-0.25, -0.2) is 0 Å². The van der Waals surface area contributed by atoms with Crippen molar-refractivity contribution in [3.63, 3.8) is 0 Å². The van der Waals surface area contributed by atoms with Gasteiger partial charge in [0, 0.05) is 31.0 Å². The number of nitrogens with one attached hydrogen (secondary N) is 2. The lowest BCUT2D eigenvalue weighted by atomic mass is 10.1. The number of hydrogen-bond donors (Lipinski definition) is 2. The molecule has 0 spiro atoms. The molecule has 0 saturated heterocycles. The van der Waals surface area contributed by atoms with E-state index in [0.29, 0.717) is 18.5 Å². The molecule has 1 aromatic heterocycles. The Kier molecular flexibility index (Phi) is 8.04. The van der Waals surface area contributed by atoms with Crippen LogP contribution < -0.4 is 10.6 Å². The quantitative estimate of drug-likeness (QED) is 0.635. The Labute approximate surface area is 152 Å². The number of aryl methyl sites for hydroxylation is 1. The van der Waals surface area contributed by atoms with E-state index in [1.807, 2.05) is 29.3 Å². The molecule has 1 aromatic carbocycles. The first-order valence-corrected chi connectivity index (χ1v) is 9.70. The predicted molar refractivity (Wildman–Crippen MR) is 101 cm³/mol. The zero-order chi connectivity index (χ0) is 17.9. The number of nitrogens with zero attached hydrogens (tertiary/aromatic N) is 2. The predicted octanol–water partition coefficient (Wildman–Crippen LogP) is 1.94. The molecule has 0 saturated carbocycles. The van der Waals surface area contributed by atoms with Crippen molar-refractivity contribution in [3.8, 4) is 0 Å². The highest BCUT2D eigenvalue weighted by atomic mass is 32.2. The van der Waals surface area contributed by atoms with Gasteiger partial charge < -0.3 is 10.6 Å². The van der Waals surface area contributed by atoms with E-state index in [2.05, 4.69) is 15.7 Å². The van der Waals surface area contributed by atoms with E-state index in [1.54, 1.807) is 42.2 Å². The summed E-state index contributed by atoms with van der Waals surface area (Å²) in [5.41, 5.74) is 0.558. The molecule has 6 nitrogen and oxygen atoms in total. The summed E-state index contributed by atoms with van der Waals surface area (Å²) in [6.45, 7) is 1.30. The number of rotatable bonds is 10. The second kappa shape index (κ2) is 10.6. The van der Waals surface area contributed by atoms with Crippen molar-refractivity contribution in [1.82, 2.24) is 20.4 Å². The highest BCUT2D eigenvalue weighted by Gasteiger charge is 2.20. The van der Waals surface area contributed by atoms with Gasteiger partial charge in [-0.05, 0) is 43.0 Å². The van der Waals surface area contributed by atoms with Crippen LogP contribution >= 0.6 is 11.8 Å². The second-order valence-electron chi connectivity index (χ2n) is 5.59. The van der Waals surface area contributed by atoms with E-state index in [4.69, 9.17) is 0 Å². The van der Waals surface area contributed by atoms with Crippen molar-refractivity contribution in [1.29, 1.82) is 0 Å². The van der Waals surface area contributed by atoms with Crippen molar-refractivity contribution in [2.24, 2.45) is 0 Å². The number of thioether (sulfide) groups is 1. The second-order valence-corrected chi connectivity index (χ2v) is 6.57. The molecule has 2 amide bonds. The van der Waals surface area contributed by atoms with Crippen LogP contribution in [-0.2, 0) is 11.3 Å². The third kappa shape index (κ3) is 6.62. The number of carbonyl (C=O) groups is 2. The van der Waals surface area contributed by atoms with Crippen LogP contribution in [0.1, 0.15) is 23.2 Å². The van der Waals surface area contributed by atoms with Crippen LogP contribution in [-0.4, -0.2) is 46.2 Å². The number of carbonyl (C=O) groups excluding carboxylic acids is 2. The van der Waals surface area contributed by atoms with Crippen molar-refractivity contribution in [2.75, 3.05) is 18.6 Å². The lowest BCUT2D eigenvalue weighted by molar-refractivity contribution is -0.123. The average Bonchev–Trinajstić information content (AvgIpc) is 3.16. The SMILES string of the molecule is CSCC[C@H](NC(=O)c1ccccc1)C(=O)NCCCn1cccn1.